The second-order valence-electron chi connectivity index (χ2n) is 6.29. The molecule has 130 valence electrons. The number of amides is 2. The van der Waals surface area contributed by atoms with Crippen LogP contribution in [0.15, 0.2) is 24.5 Å². The maximum Gasteiger partial charge on any atom is 0.317 e. The number of aliphatic hydroxyl groups excluding tert-OH is 1. The normalized spacial score (nSPS) is 17.9. The van der Waals surface area contributed by atoms with Crippen LogP contribution < -0.4 is 5.32 Å². The zero-order chi connectivity index (χ0) is 16.7. The molecule has 0 bridgehead atoms. The molecule has 1 aromatic heterocycles. The first-order valence-corrected chi connectivity index (χ1v) is 8.23. The van der Waals surface area contributed by atoms with Crippen LogP contribution in [0, 0.1) is 0 Å². The molecule has 1 unspecified atom stereocenters. The molecule has 2 amide bonds. The maximum atomic E-state index is 12.0. The fourth-order valence-electron chi connectivity index (χ4n) is 2.73. The van der Waals surface area contributed by atoms with E-state index in [1.54, 1.807) is 11.9 Å². The maximum absolute atomic E-state index is 12.0. The van der Waals surface area contributed by atoms with Crippen LogP contribution in [0.25, 0.3) is 0 Å². The van der Waals surface area contributed by atoms with Gasteiger partial charge in [-0.05, 0) is 19.2 Å². The van der Waals surface area contributed by atoms with Gasteiger partial charge in [0.1, 0.15) is 0 Å². The largest absolute Gasteiger partial charge is 0.390 e. The molecule has 0 spiro atoms. The Hall–Kier alpha value is -1.57. The summed E-state index contributed by atoms with van der Waals surface area (Å²) in [6.45, 7) is 6.30. The quantitative estimate of drug-likeness (QED) is 0.726. The summed E-state index contributed by atoms with van der Waals surface area (Å²) in [6.07, 6.45) is 3.42. The number of hydrogen-bond acceptors (Lipinski definition) is 4. The topological polar surface area (TPSA) is 64.0 Å². The van der Waals surface area contributed by atoms with Gasteiger partial charge in [0.25, 0.3) is 0 Å². The van der Waals surface area contributed by atoms with Gasteiger partial charge in [-0.2, -0.15) is 0 Å². The summed E-state index contributed by atoms with van der Waals surface area (Å²) in [5.74, 6) is 0. The van der Waals surface area contributed by atoms with Gasteiger partial charge in [0.2, 0.25) is 0 Å². The first-order valence-electron chi connectivity index (χ1n) is 8.23. The fraction of sp³-hybridized carbons (Fsp3) is 0.688. The summed E-state index contributed by atoms with van der Waals surface area (Å²) in [6, 6.07) is 3.78. The van der Waals surface area contributed by atoms with Crippen LogP contribution in [-0.4, -0.2) is 96.4 Å². The Labute approximate surface area is 138 Å². The van der Waals surface area contributed by atoms with Crippen molar-refractivity contribution in [2.24, 2.45) is 0 Å². The van der Waals surface area contributed by atoms with Crippen LogP contribution in [-0.2, 0) is 6.54 Å². The van der Waals surface area contributed by atoms with Crippen molar-refractivity contribution in [2.45, 2.75) is 12.6 Å². The summed E-state index contributed by atoms with van der Waals surface area (Å²) in [5, 5.41) is 13.1. The summed E-state index contributed by atoms with van der Waals surface area (Å²) in [7, 11) is 3.83. The molecule has 1 aromatic rings. The van der Waals surface area contributed by atoms with Crippen LogP contribution in [0.3, 0.4) is 0 Å². The van der Waals surface area contributed by atoms with Crippen LogP contribution in [0.1, 0.15) is 0 Å². The van der Waals surface area contributed by atoms with E-state index in [0.29, 0.717) is 19.6 Å². The monoisotopic (exact) mass is 323 g/mol. The minimum Gasteiger partial charge on any atom is -0.390 e. The first-order chi connectivity index (χ1) is 11.0. The molecule has 7 nitrogen and oxygen atoms in total. The third-order valence-corrected chi connectivity index (χ3v) is 4.21. The number of rotatable bonds is 7. The van der Waals surface area contributed by atoms with Gasteiger partial charge < -0.3 is 24.8 Å². The third-order valence-electron chi connectivity index (χ3n) is 4.21. The Kier molecular flexibility index (Phi) is 6.88. The van der Waals surface area contributed by atoms with Gasteiger partial charge >= 0.3 is 6.03 Å². The predicted octanol–water partition coefficient (Wildman–Crippen LogP) is -0.262. The van der Waals surface area contributed by atoms with E-state index < -0.39 is 6.10 Å². The summed E-state index contributed by atoms with van der Waals surface area (Å²) >= 11 is 0. The Balaban J connectivity index is 1.62. The lowest BCUT2D eigenvalue weighted by atomic mass is 10.2. The van der Waals surface area contributed by atoms with E-state index in [1.165, 1.54) is 0 Å². The molecule has 1 saturated heterocycles. The number of β-amino-alcohol motifs (C(OH)–C–C–N with tert-alkyl or cyclic N) is 1. The predicted molar refractivity (Wildman–Crippen MR) is 90.4 cm³/mol. The van der Waals surface area contributed by atoms with Crippen molar-refractivity contribution in [3.05, 3.63) is 24.5 Å². The van der Waals surface area contributed by atoms with E-state index in [0.717, 1.165) is 32.7 Å². The van der Waals surface area contributed by atoms with Crippen molar-refractivity contribution < 1.29 is 9.90 Å². The second kappa shape index (κ2) is 8.90. The Morgan fingerprint density at radius 2 is 1.91 bits per heavy atom. The molecule has 0 radical (unpaired) electrons. The SMILES string of the molecule is CN1CCN(CC(O)CN(C)C(=O)NCCn2cccc2)CC1. The average molecular weight is 323 g/mol. The lowest BCUT2D eigenvalue weighted by molar-refractivity contribution is 0.0658. The molecule has 0 aromatic carbocycles. The third kappa shape index (κ3) is 6.21. The molecule has 2 N–H and O–H groups in total. The number of nitrogens with zero attached hydrogens (tertiary/aromatic N) is 4. The second-order valence-corrected chi connectivity index (χ2v) is 6.29. The Morgan fingerprint density at radius 3 is 2.57 bits per heavy atom. The molecule has 0 aliphatic carbocycles. The van der Waals surface area contributed by atoms with Gasteiger partial charge in [-0.25, -0.2) is 4.79 Å². The van der Waals surface area contributed by atoms with Gasteiger partial charge in [-0.3, -0.25) is 4.90 Å². The van der Waals surface area contributed by atoms with Crippen molar-refractivity contribution in [3.8, 4) is 0 Å². The van der Waals surface area contributed by atoms with Gasteiger partial charge in [0.15, 0.2) is 0 Å². The van der Waals surface area contributed by atoms with Gasteiger partial charge in [0.05, 0.1) is 6.10 Å². The minimum absolute atomic E-state index is 0.144. The summed E-state index contributed by atoms with van der Waals surface area (Å²) in [5.41, 5.74) is 0. The van der Waals surface area contributed by atoms with Crippen LogP contribution in [0.2, 0.25) is 0 Å². The molecule has 23 heavy (non-hydrogen) atoms. The number of piperazine rings is 1. The number of urea groups is 1. The molecular weight excluding hydrogens is 294 g/mol. The highest BCUT2D eigenvalue weighted by Gasteiger charge is 2.19. The number of carbonyl (C=O) groups excluding carboxylic acids is 1. The molecule has 1 aliphatic heterocycles. The number of likely N-dealkylation sites (N-methyl/N-ethyl adjacent to an activating group) is 2. The van der Waals surface area contributed by atoms with E-state index in [1.807, 2.05) is 29.1 Å². The van der Waals surface area contributed by atoms with Crippen LogP contribution in [0.4, 0.5) is 4.79 Å². The van der Waals surface area contributed by atoms with Crippen molar-refractivity contribution in [2.75, 3.05) is 59.9 Å². The molecule has 2 rings (SSSR count). The molecule has 1 aliphatic rings. The lowest BCUT2D eigenvalue weighted by Gasteiger charge is -2.34. The van der Waals surface area contributed by atoms with Crippen molar-refractivity contribution in [1.29, 1.82) is 0 Å². The Morgan fingerprint density at radius 1 is 1.26 bits per heavy atom. The number of aromatic nitrogens is 1. The number of aliphatic hydroxyl groups is 1. The molecule has 7 heteroatoms. The molecular formula is C16H29N5O2. The first kappa shape index (κ1) is 17.8. The van der Waals surface area contributed by atoms with Crippen molar-refractivity contribution >= 4 is 6.03 Å². The average Bonchev–Trinajstić information content (AvgIpc) is 3.02. The van der Waals surface area contributed by atoms with E-state index >= 15 is 0 Å². The number of carbonyl (C=O) groups is 1. The zero-order valence-electron chi connectivity index (χ0n) is 14.2. The molecule has 1 atom stereocenters. The van der Waals surface area contributed by atoms with E-state index in [2.05, 4.69) is 22.2 Å². The van der Waals surface area contributed by atoms with E-state index in [9.17, 15) is 9.90 Å². The molecule has 2 heterocycles. The zero-order valence-corrected chi connectivity index (χ0v) is 14.2. The van der Waals surface area contributed by atoms with Gasteiger partial charge in [-0.1, -0.05) is 0 Å². The van der Waals surface area contributed by atoms with Gasteiger partial charge in [-0.15, -0.1) is 0 Å². The highest BCUT2D eigenvalue weighted by molar-refractivity contribution is 5.73. The van der Waals surface area contributed by atoms with Gasteiger partial charge in [0, 0.05) is 71.8 Å². The van der Waals surface area contributed by atoms with Crippen molar-refractivity contribution in [3.63, 3.8) is 0 Å². The highest BCUT2D eigenvalue weighted by Crippen LogP contribution is 2.01. The number of hydrogen-bond donors (Lipinski definition) is 2. The van der Waals surface area contributed by atoms with Crippen LogP contribution in [0.5, 0.6) is 0 Å². The summed E-state index contributed by atoms with van der Waals surface area (Å²) in [4.78, 5) is 18.1. The summed E-state index contributed by atoms with van der Waals surface area (Å²) < 4.78 is 2.02. The fourth-order valence-corrected chi connectivity index (χ4v) is 2.73. The van der Waals surface area contributed by atoms with Crippen LogP contribution >= 0.6 is 0 Å². The minimum atomic E-state index is -0.515. The standard InChI is InChI=1S/C16H29N5O2/c1-18-9-11-21(12-10-18)14-15(22)13-19(2)16(23)17-5-8-20-6-3-4-7-20/h3-4,6-7,15,22H,5,8-14H2,1-2H3,(H,17,23). The van der Waals surface area contributed by atoms with Crippen molar-refractivity contribution in [1.82, 2.24) is 24.6 Å². The highest BCUT2D eigenvalue weighted by atomic mass is 16.3. The lowest BCUT2D eigenvalue weighted by Crippen LogP contribution is -2.49. The molecule has 1 fully saturated rings. The number of nitrogens with one attached hydrogen (secondary N) is 1. The van der Waals surface area contributed by atoms with E-state index in [4.69, 9.17) is 0 Å². The molecule has 0 saturated carbocycles. The Bertz CT molecular complexity index is 457. The smallest absolute Gasteiger partial charge is 0.317 e. The van der Waals surface area contributed by atoms with E-state index in [-0.39, 0.29) is 6.03 Å².